The second-order valence-electron chi connectivity index (χ2n) is 5.31. The van der Waals surface area contributed by atoms with Crippen molar-refractivity contribution in [3.05, 3.63) is 29.8 Å². The summed E-state index contributed by atoms with van der Waals surface area (Å²) in [7, 11) is 0. The molecule has 1 saturated heterocycles. The monoisotopic (exact) mass is 276 g/mol. The van der Waals surface area contributed by atoms with Crippen LogP contribution in [0.2, 0.25) is 0 Å². The van der Waals surface area contributed by atoms with Crippen LogP contribution in [0, 0.1) is 0 Å². The Balaban J connectivity index is 1.95. The fraction of sp³-hybridized carbons (Fsp3) is 0.562. The maximum Gasteiger partial charge on any atom is 0.251 e. The summed E-state index contributed by atoms with van der Waals surface area (Å²) < 4.78 is 5.34. The minimum Gasteiger partial charge on any atom is -0.378 e. The second kappa shape index (κ2) is 7.29. The van der Waals surface area contributed by atoms with E-state index in [0.717, 1.165) is 50.4 Å². The molecule has 2 rings (SSSR count). The predicted molar refractivity (Wildman–Crippen MR) is 81.3 cm³/mol. The standard InChI is InChI=1S/C16H24N2O2/c1-3-4-13(2)17-16(19)14-5-7-15(8-6-14)18-9-11-20-12-10-18/h5-8,13H,3-4,9-12H2,1-2H3,(H,17,19)/t13-/m0/s1. The molecule has 1 aromatic rings. The minimum atomic E-state index is 0.0134. The molecule has 1 aliphatic rings. The van der Waals surface area contributed by atoms with Gasteiger partial charge < -0.3 is 15.0 Å². The molecule has 1 amide bonds. The lowest BCUT2D eigenvalue weighted by Crippen LogP contribution is -2.36. The number of hydrogen-bond donors (Lipinski definition) is 1. The van der Waals surface area contributed by atoms with E-state index in [2.05, 4.69) is 17.1 Å². The molecule has 20 heavy (non-hydrogen) atoms. The maximum atomic E-state index is 12.1. The van der Waals surface area contributed by atoms with E-state index in [4.69, 9.17) is 4.74 Å². The van der Waals surface area contributed by atoms with Crippen LogP contribution < -0.4 is 10.2 Å². The fourth-order valence-electron chi connectivity index (χ4n) is 2.46. The van der Waals surface area contributed by atoms with Gasteiger partial charge in [0.05, 0.1) is 13.2 Å². The van der Waals surface area contributed by atoms with Crippen LogP contribution in [-0.4, -0.2) is 38.3 Å². The van der Waals surface area contributed by atoms with Gasteiger partial charge in [0.1, 0.15) is 0 Å². The maximum absolute atomic E-state index is 12.1. The van der Waals surface area contributed by atoms with Gasteiger partial charge in [-0.25, -0.2) is 0 Å². The number of morpholine rings is 1. The van der Waals surface area contributed by atoms with Crippen LogP contribution in [0.4, 0.5) is 5.69 Å². The Kier molecular flexibility index (Phi) is 5.41. The summed E-state index contributed by atoms with van der Waals surface area (Å²) in [6.45, 7) is 7.55. The van der Waals surface area contributed by atoms with Gasteiger partial charge in [0.15, 0.2) is 0 Å². The zero-order chi connectivity index (χ0) is 14.4. The Morgan fingerprint density at radius 2 is 1.95 bits per heavy atom. The highest BCUT2D eigenvalue weighted by molar-refractivity contribution is 5.94. The molecule has 0 saturated carbocycles. The van der Waals surface area contributed by atoms with E-state index in [1.165, 1.54) is 0 Å². The predicted octanol–water partition coefficient (Wildman–Crippen LogP) is 2.44. The van der Waals surface area contributed by atoms with Gasteiger partial charge in [-0.05, 0) is 37.6 Å². The number of hydrogen-bond acceptors (Lipinski definition) is 3. The van der Waals surface area contributed by atoms with Gasteiger partial charge >= 0.3 is 0 Å². The number of carbonyl (C=O) groups excluding carboxylic acids is 1. The average molecular weight is 276 g/mol. The van der Waals surface area contributed by atoms with Gasteiger partial charge in [0.2, 0.25) is 0 Å². The van der Waals surface area contributed by atoms with E-state index in [-0.39, 0.29) is 11.9 Å². The highest BCUT2D eigenvalue weighted by atomic mass is 16.5. The average Bonchev–Trinajstić information content (AvgIpc) is 2.48. The van der Waals surface area contributed by atoms with Crippen LogP contribution in [0.1, 0.15) is 37.0 Å². The van der Waals surface area contributed by atoms with Crippen molar-refractivity contribution in [2.75, 3.05) is 31.2 Å². The first-order chi connectivity index (χ1) is 9.70. The molecule has 110 valence electrons. The highest BCUT2D eigenvalue weighted by Gasteiger charge is 2.13. The first kappa shape index (κ1) is 14.9. The summed E-state index contributed by atoms with van der Waals surface area (Å²) in [4.78, 5) is 14.4. The largest absolute Gasteiger partial charge is 0.378 e. The molecule has 1 atom stereocenters. The topological polar surface area (TPSA) is 41.6 Å². The van der Waals surface area contributed by atoms with Crippen molar-refractivity contribution >= 4 is 11.6 Å². The molecule has 0 bridgehead atoms. The first-order valence-electron chi connectivity index (χ1n) is 7.44. The van der Waals surface area contributed by atoms with Gasteiger partial charge in [0.25, 0.3) is 5.91 Å². The van der Waals surface area contributed by atoms with Crippen molar-refractivity contribution in [2.24, 2.45) is 0 Å². The van der Waals surface area contributed by atoms with Crippen molar-refractivity contribution < 1.29 is 9.53 Å². The summed E-state index contributed by atoms with van der Waals surface area (Å²) in [5.74, 6) is 0.0134. The molecule has 0 aromatic heterocycles. The van der Waals surface area contributed by atoms with Crippen LogP contribution >= 0.6 is 0 Å². The minimum absolute atomic E-state index is 0.0134. The Labute approximate surface area is 121 Å². The molecule has 1 fully saturated rings. The second-order valence-corrected chi connectivity index (χ2v) is 5.31. The smallest absolute Gasteiger partial charge is 0.251 e. The van der Waals surface area contributed by atoms with E-state index in [9.17, 15) is 4.79 Å². The number of rotatable bonds is 5. The van der Waals surface area contributed by atoms with Crippen molar-refractivity contribution in [2.45, 2.75) is 32.7 Å². The van der Waals surface area contributed by atoms with Gasteiger partial charge in [-0.2, -0.15) is 0 Å². The summed E-state index contributed by atoms with van der Waals surface area (Å²) in [6, 6.07) is 8.07. The third-order valence-corrected chi connectivity index (χ3v) is 3.60. The molecular formula is C16H24N2O2. The van der Waals surface area contributed by atoms with Crippen molar-refractivity contribution in [1.82, 2.24) is 5.32 Å². The lowest BCUT2D eigenvalue weighted by molar-refractivity contribution is 0.0938. The third-order valence-electron chi connectivity index (χ3n) is 3.60. The fourth-order valence-corrected chi connectivity index (χ4v) is 2.46. The molecule has 0 aliphatic carbocycles. The number of benzene rings is 1. The van der Waals surface area contributed by atoms with Crippen LogP contribution in [0.15, 0.2) is 24.3 Å². The Morgan fingerprint density at radius 1 is 1.30 bits per heavy atom. The van der Waals surface area contributed by atoms with Gasteiger partial charge in [0, 0.05) is 30.4 Å². The van der Waals surface area contributed by atoms with E-state index in [0.29, 0.717) is 0 Å². The number of nitrogens with zero attached hydrogens (tertiary/aromatic N) is 1. The molecule has 1 heterocycles. The number of carbonyl (C=O) groups is 1. The van der Waals surface area contributed by atoms with Gasteiger partial charge in [-0.3, -0.25) is 4.79 Å². The highest BCUT2D eigenvalue weighted by Crippen LogP contribution is 2.16. The van der Waals surface area contributed by atoms with Gasteiger partial charge in [-0.15, -0.1) is 0 Å². The summed E-state index contributed by atoms with van der Waals surface area (Å²) in [6.07, 6.45) is 2.09. The molecule has 1 aliphatic heterocycles. The Morgan fingerprint density at radius 3 is 2.55 bits per heavy atom. The van der Waals surface area contributed by atoms with Crippen molar-refractivity contribution in [1.29, 1.82) is 0 Å². The van der Waals surface area contributed by atoms with E-state index < -0.39 is 0 Å². The van der Waals surface area contributed by atoms with Crippen LogP contribution in [-0.2, 0) is 4.74 Å². The zero-order valence-electron chi connectivity index (χ0n) is 12.4. The van der Waals surface area contributed by atoms with Crippen LogP contribution in [0.3, 0.4) is 0 Å². The van der Waals surface area contributed by atoms with E-state index >= 15 is 0 Å². The molecule has 0 radical (unpaired) electrons. The van der Waals surface area contributed by atoms with Gasteiger partial charge in [-0.1, -0.05) is 13.3 Å². The number of anilines is 1. The number of nitrogens with one attached hydrogen (secondary N) is 1. The molecular weight excluding hydrogens is 252 g/mol. The van der Waals surface area contributed by atoms with Crippen LogP contribution in [0.25, 0.3) is 0 Å². The SMILES string of the molecule is CCC[C@H](C)NC(=O)c1ccc(N2CCOCC2)cc1. The van der Waals surface area contributed by atoms with Crippen molar-refractivity contribution in [3.63, 3.8) is 0 Å². The lowest BCUT2D eigenvalue weighted by Gasteiger charge is -2.28. The summed E-state index contributed by atoms with van der Waals surface area (Å²) >= 11 is 0. The van der Waals surface area contributed by atoms with Crippen LogP contribution in [0.5, 0.6) is 0 Å². The Bertz CT molecular complexity index is 425. The summed E-state index contributed by atoms with van der Waals surface area (Å²) in [5, 5.41) is 3.02. The molecule has 1 N–H and O–H groups in total. The van der Waals surface area contributed by atoms with E-state index in [1.807, 2.05) is 31.2 Å². The first-order valence-corrected chi connectivity index (χ1v) is 7.44. The summed E-state index contributed by atoms with van der Waals surface area (Å²) in [5.41, 5.74) is 1.89. The zero-order valence-corrected chi connectivity index (χ0v) is 12.4. The van der Waals surface area contributed by atoms with E-state index in [1.54, 1.807) is 0 Å². The molecule has 4 nitrogen and oxygen atoms in total. The molecule has 1 aromatic carbocycles. The molecule has 0 unspecified atom stereocenters. The normalized spacial score (nSPS) is 16.8. The number of ether oxygens (including phenoxy) is 1. The third kappa shape index (κ3) is 3.97. The Hall–Kier alpha value is -1.55. The number of amides is 1. The molecule has 4 heteroatoms. The lowest BCUT2D eigenvalue weighted by atomic mass is 10.1. The van der Waals surface area contributed by atoms with Crippen molar-refractivity contribution in [3.8, 4) is 0 Å². The molecule has 0 spiro atoms. The quantitative estimate of drug-likeness (QED) is 0.898.